The van der Waals surface area contributed by atoms with Crippen LogP contribution < -0.4 is 29.1 Å². The molecule has 0 unspecified atom stereocenters. The van der Waals surface area contributed by atoms with E-state index >= 15 is 0 Å². The van der Waals surface area contributed by atoms with E-state index in [0.717, 1.165) is 5.69 Å². The molecule has 0 radical (unpaired) electrons. The highest BCUT2D eigenvalue weighted by Crippen LogP contribution is 2.38. The van der Waals surface area contributed by atoms with Crippen LogP contribution in [-0.4, -0.2) is 56.7 Å². The lowest BCUT2D eigenvalue weighted by Gasteiger charge is -2.14. The number of rotatable bonds is 9. The Hall–Kier alpha value is -4.54. The molecule has 3 aromatic rings. The minimum Gasteiger partial charge on any atom is -0.493 e. The predicted octanol–water partition coefficient (Wildman–Crippen LogP) is 2.74. The lowest BCUT2D eigenvalue weighted by molar-refractivity contribution is 0.0728. The third kappa shape index (κ3) is 5.44. The maximum absolute atomic E-state index is 12.8. The van der Waals surface area contributed by atoms with Gasteiger partial charge in [-0.05, 0) is 48.9 Å². The van der Waals surface area contributed by atoms with Crippen molar-refractivity contribution in [1.29, 1.82) is 0 Å². The number of nitrogens with zero attached hydrogens (tertiary/aromatic N) is 2. The largest absolute Gasteiger partial charge is 0.493 e. The minimum atomic E-state index is -0.652. The summed E-state index contributed by atoms with van der Waals surface area (Å²) in [7, 11) is 5.81. The van der Waals surface area contributed by atoms with Gasteiger partial charge in [-0.15, -0.1) is 0 Å². The van der Waals surface area contributed by atoms with Crippen molar-refractivity contribution in [3.8, 4) is 28.7 Å². The maximum Gasteiger partial charge on any atom is 0.343 e. The Kier molecular flexibility index (Phi) is 7.70. The molecule has 2 aromatic carbocycles. The number of ether oxygens (including phenoxy) is 5. The average Bonchev–Trinajstić information content (AvgIpc) is 3.29. The number of aryl methyl sites for hydroxylation is 1. The number of aromatic nitrogens is 2. The van der Waals surface area contributed by atoms with Crippen molar-refractivity contribution >= 4 is 18.1 Å². The molecule has 34 heavy (non-hydrogen) atoms. The number of hydrogen-bond donors (Lipinski definition) is 2. The molecular weight excluding hydrogens is 444 g/mol. The molecule has 0 aliphatic carbocycles. The molecule has 1 aromatic heterocycles. The summed E-state index contributed by atoms with van der Waals surface area (Å²) in [5.41, 5.74) is 4.16. The van der Waals surface area contributed by atoms with Crippen molar-refractivity contribution in [1.82, 2.24) is 15.6 Å². The van der Waals surface area contributed by atoms with E-state index in [1.165, 1.54) is 46.8 Å². The Labute approximate surface area is 195 Å². The van der Waals surface area contributed by atoms with Gasteiger partial charge in [0, 0.05) is 5.69 Å². The fourth-order valence-electron chi connectivity index (χ4n) is 2.96. The van der Waals surface area contributed by atoms with Gasteiger partial charge in [-0.2, -0.15) is 10.2 Å². The molecule has 2 N–H and O–H groups in total. The van der Waals surface area contributed by atoms with Crippen LogP contribution in [0, 0.1) is 6.92 Å². The van der Waals surface area contributed by atoms with Crippen LogP contribution in [-0.2, 0) is 0 Å². The molecule has 0 atom stereocenters. The minimum absolute atomic E-state index is 0.189. The molecule has 11 nitrogen and oxygen atoms in total. The van der Waals surface area contributed by atoms with E-state index in [9.17, 15) is 9.59 Å². The molecule has 0 aliphatic rings. The van der Waals surface area contributed by atoms with Crippen LogP contribution in [0.3, 0.4) is 0 Å². The van der Waals surface area contributed by atoms with E-state index in [1.54, 1.807) is 31.2 Å². The van der Waals surface area contributed by atoms with Crippen molar-refractivity contribution in [3.05, 3.63) is 58.9 Å². The van der Waals surface area contributed by atoms with Crippen LogP contribution in [0.15, 0.2) is 41.5 Å². The summed E-state index contributed by atoms with van der Waals surface area (Å²) in [6.07, 6.45) is 1.42. The number of aromatic amines is 1. The number of carbonyl (C=O) groups is 2. The second kappa shape index (κ2) is 10.9. The molecule has 1 amide bonds. The summed E-state index contributed by atoms with van der Waals surface area (Å²) in [5, 5.41) is 10.5. The van der Waals surface area contributed by atoms with Gasteiger partial charge in [0.25, 0.3) is 5.91 Å². The van der Waals surface area contributed by atoms with Gasteiger partial charge in [0.05, 0.1) is 40.2 Å². The van der Waals surface area contributed by atoms with Crippen molar-refractivity contribution < 1.29 is 33.3 Å². The van der Waals surface area contributed by atoms with Gasteiger partial charge >= 0.3 is 5.97 Å². The number of methoxy groups -OCH3 is 4. The first-order valence-corrected chi connectivity index (χ1v) is 9.95. The second-order valence-electron chi connectivity index (χ2n) is 6.85. The number of hydrazone groups is 1. The summed E-state index contributed by atoms with van der Waals surface area (Å²) in [6.45, 7) is 1.79. The van der Waals surface area contributed by atoms with Crippen LogP contribution in [0.1, 0.15) is 32.1 Å². The van der Waals surface area contributed by atoms with E-state index in [4.69, 9.17) is 23.7 Å². The monoisotopic (exact) mass is 468 g/mol. The van der Waals surface area contributed by atoms with Crippen LogP contribution in [0.5, 0.6) is 28.7 Å². The first kappa shape index (κ1) is 24.1. The Morgan fingerprint density at radius 1 is 0.912 bits per heavy atom. The molecule has 1 heterocycles. The average molecular weight is 468 g/mol. The standard InChI is InChI=1S/C23H24N4O7/c1-13-8-16(26-25-13)22(28)27-24-12-14-6-7-17(18(9-14)30-2)34-23(29)15-10-19(31-3)21(33-5)20(11-15)32-4/h6-12H,1-5H3,(H,25,26)(H,27,28). The van der Waals surface area contributed by atoms with Crippen molar-refractivity contribution in [2.45, 2.75) is 6.92 Å². The van der Waals surface area contributed by atoms with Crippen molar-refractivity contribution in [2.75, 3.05) is 28.4 Å². The normalized spacial score (nSPS) is 10.6. The van der Waals surface area contributed by atoms with Crippen molar-refractivity contribution in [2.24, 2.45) is 5.10 Å². The van der Waals surface area contributed by atoms with Gasteiger partial charge in [-0.25, -0.2) is 10.2 Å². The zero-order valence-electron chi connectivity index (χ0n) is 19.3. The summed E-state index contributed by atoms with van der Waals surface area (Å²) in [4.78, 5) is 24.8. The van der Waals surface area contributed by atoms with Gasteiger partial charge in [0.15, 0.2) is 28.7 Å². The van der Waals surface area contributed by atoms with Gasteiger partial charge in [0.1, 0.15) is 0 Å². The highest BCUT2D eigenvalue weighted by atomic mass is 16.6. The van der Waals surface area contributed by atoms with Crippen LogP contribution >= 0.6 is 0 Å². The van der Waals surface area contributed by atoms with Gasteiger partial charge in [0.2, 0.25) is 5.75 Å². The fourth-order valence-corrected chi connectivity index (χ4v) is 2.96. The van der Waals surface area contributed by atoms with Crippen LogP contribution in [0.2, 0.25) is 0 Å². The Balaban J connectivity index is 1.74. The van der Waals surface area contributed by atoms with E-state index in [1.807, 2.05) is 0 Å². The first-order valence-electron chi connectivity index (χ1n) is 9.95. The number of carbonyl (C=O) groups excluding carboxylic acids is 2. The third-order valence-corrected chi connectivity index (χ3v) is 4.61. The molecule has 0 saturated heterocycles. The highest BCUT2D eigenvalue weighted by Gasteiger charge is 2.19. The van der Waals surface area contributed by atoms with E-state index < -0.39 is 11.9 Å². The summed E-state index contributed by atoms with van der Waals surface area (Å²) >= 11 is 0. The lowest BCUT2D eigenvalue weighted by Crippen LogP contribution is -2.18. The predicted molar refractivity (Wildman–Crippen MR) is 122 cm³/mol. The molecule has 178 valence electrons. The first-order chi connectivity index (χ1) is 16.4. The van der Waals surface area contributed by atoms with E-state index in [-0.39, 0.29) is 17.0 Å². The number of benzene rings is 2. The van der Waals surface area contributed by atoms with E-state index in [0.29, 0.717) is 28.6 Å². The highest BCUT2D eigenvalue weighted by molar-refractivity contribution is 5.94. The number of H-pyrrole nitrogens is 1. The van der Waals surface area contributed by atoms with Crippen LogP contribution in [0.4, 0.5) is 0 Å². The Morgan fingerprint density at radius 3 is 2.15 bits per heavy atom. The third-order valence-electron chi connectivity index (χ3n) is 4.61. The maximum atomic E-state index is 12.8. The molecule has 0 aliphatic heterocycles. The Morgan fingerprint density at radius 2 is 1.59 bits per heavy atom. The molecule has 3 rings (SSSR count). The smallest absolute Gasteiger partial charge is 0.343 e. The van der Waals surface area contributed by atoms with E-state index in [2.05, 4.69) is 20.7 Å². The summed E-state index contributed by atoms with van der Waals surface area (Å²) in [6, 6.07) is 9.38. The summed E-state index contributed by atoms with van der Waals surface area (Å²) in [5.74, 6) is 0.369. The molecule has 0 spiro atoms. The van der Waals surface area contributed by atoms with Crippen LogP contribution in [0.25, 0.3) is 0 Å². The van der Waals surface area contributed by atoms with Gasteiger partial charge in [-0.3, -0.25) is 9.89 Å². The number of hydrogen-bond acceptors (Lipinski definition) is 9. The van der Waals surface area contributed by atoms with Gasteiger partial charge in [-0.1, -0.05) is 0 Å². The molecule has 0 fully saturated rings. The zero-order chi connectivity index (χ0) is 24.7. The van der Waals surface area contributed by atoms with Gasteiger partial charge < -0.3 is 23.7 Å². The molecular formula is C23H24N4O7. The number of nitrogens with one attached hydrogen (secondary N) is 2. The zero-order valence-corrected chi connectivity index (χ0v) is 19.3. The summed E-state index contributed by atoms with van der Waals surface area (Å²) < 4.78 is 26.7. The second-order valence-corrected chi connectivity index (χ2v) is 6.85. The number of amides is 1. The number of esters is 1. The SMILES string of the molecule is COc1cc(C=NNC(=O)c2cc(C)[nH]n2)ccc1OC(=O)c1cc(OC)c(OC)c(OC)c1. The Bertz CT molecular complexity index is 1190. The topological polar surface area (TPSA) is 133 Å². The molecule has 11 heteroatoms. The fraction of sp³-hybridized carbons (Fsp3) is 0.217. The quantitative estimate of drug-likeness (QED) is 0.212. The lowest BCUT2D eigenvalue weighted by atomic mass is 10.1. The molecule has 0 bridgehead atoms. The molecule has 0 saturated carbocycles. The van der Waals surface area contributed by atoms with Crippen molar-refractivity contribution in [3.63, 3.8) is 0 Å².